The molecule has 0 spiro atoms. The first-order valence-corrected chi connectivity index (χ1v) is 8.53. The van der Waals surface area contributed by atoms with E-state index in [4.69, 9.17) is 10.00 Å². The van der Waals surface area contributed by atoms with Crippen LogP contribution >= 0.6 is 0 Å². The van der Waals surface area contributed by atoms with Crippen LogP contribution in [0.3, 0.4) is 0 Å². The quantitative estimate of drug-likeness (QED) is 0.542. The van der Waals surface area contributed by atoms with E-state index in [1.165, 1.54) is 6.07 Å². The van der Waals surface area contributed by atoms with Gasteiger partial charge in [0, 0.05) is 47.8 Å². The van der Waals surface area contributed by atoms with Crippen molar-refractivity contribution >= 4 is 22.8 Å². The maximum absolute atomic E-state index is 12.6. The summed E-state index contributed by atoms with van der Waals surface area (Å²) in [5.74, 6) is -0.678. The number of rotatable bonds is 4. The maximum Gasteiger partial charge on any atom is 0.235 e. The van der Waals surface area contributed by atoms with E-state index in [2.05, 4.69) is 10.6 Å². The molecule has 6 nitrogen and oxygen atoms in total. The number of nitrogens with zero attached hydrogens (tertiary/aromatic N) is 2. The van der Waals surface area contributed by atoms with Gasteiger partial charge in [-0.2, -0.15) is 5.26 Å². The average Bonchev–Trinajstić information content (AvgIpc) is 3.14. The normalized spacial score (nSPS) is 14.3. The number of aromatic nitrogens is 1. The molecule has 2 aromatic carbocycles. The van der Waals surface area contributed by atoms with Crippen molar-refractivity contribution in [1.29, 1.82) is 5.26 Å². The fraction of sp³-hybridized carbons (Fsp3) is 0.143. The van der Waals surface area contributed by atoms with Crippen LogP contribution in [-0.2, 0) is 6.54 Å². The third-order valence-electron chi connectivity index (χ3n) is 4.53. The van der Waals surface area contributed by atoms with Gasteiger partial charge in [-0.3, -0.25) is 4.79 Å². The summed E-state index contributed by atoms with van der Waals surface area (Å²) >= 11 is 0. The number of para-hydroxylation sites is 1. The molecule has 0 saturated heterocycles. The summed E-state index contributed by atoms with van der Waals surface area (Å²) in [7, 11) is 0. The Labute approximate surface area is 155 Å². The van der Waals surface area contributed by atoms with Crippen molar-refractivity contribution < 1.29 is 19.7 Å². The molecule has 0 fully saturated rings. The van der Waals surface area contributed by atoms with E-state index >= 15 is 0 Å². The third-order valence-corrected chi connectivity index (χ3v) is 4.53. The van der Waals surface area contributed by atoms with Crippen molar-refractivity contribution in [1.82, 2.24) is 4.57 Å². The zero-order valence-corrected chi connectivity index (χ0v) is 14.3. The number of hydrogen-bond donors (Lipinski definition) is 2. The summed E-state index contributed by atoms with van der Waals surface area (Å²) in [6.45, 7) is 0.695. The van der Waals surface area contributed by atoms with Crippen molar-refractivity contribution in [3.8, 4) is 23.3 Å². The molecule has 0 aliphatic carbocycles. The number of carbonyl (C=O) groups is 1. The van der Waals surface area contributed by atoms with E-state index in [9.17, 15) is 15.0 Å². The van der Waals surface area contributed by atoms with Gasteiger partial charge in [-0.25, -0.2) is 0 Å². The van der Waals surface area contributed by atoms with Gasteiger partial charge in [-0.1, -0.05) is 18.2 Å². The second-order valence-electron chi connectivity index (χ2n) is 6.33. The third kappa shape index (κ3) is 2.89. The standard InChI is InChI=1S/C21H16N2O4/c22-7-3-4-8-23-12-13(15-5-1-2-6-16(15)23)9-19-21(26)20-17(25)10-14(24)11-18(20)27-19/h1-2,5-6,9-12,24-25H,3-4,8H2/b19-9+. The number of fused-ring (bicyclic) bond motifs is 2. The van der Waals surface area contributed by atoms with Crippen LogP contribution in [0.5, 0.6) is 17.2 Å². The Hall–Kier alpha value is -3.72. The first kappa shape index (κ1) is 16.7. The Morgan fingerprint density at radius 1 is 1.22 bits per heavy atom. The molecule has 0 unspecified atom stereocenters. The van der Waals surface area contributed by atoms with E-state index in [0.717, 1.165) is 29.0 Å². The van der Waals surface area contributed by atoms with Crippen LogP contribution in [0.2, 0.25) is 0 Å². The number of ether oxygens (including phenoxy) is 1. The largest absolute Gasteiger partial charge is 0.508 e. The summed E-state index contributed by atoms with van der Waals surface area (Å²) in [5, 5.41) is 29.2. The highest BCUT2D eigenvalue weighted by Crippen LogP contribution is 2.41. The van der Waals surface area contributed by atoms with Gasteiger partial charge < -0.3 is 19.5 Å². The molecule has 3 aromatic rings. The minimum absolute atomic E-state index is 0.0526. The number of aromatic hydroxyl groups is 2. The van der Waals surface area contributed by atoms with Gasteiger partial charge >= 0.3 is 0 Å². The minimum atomic E-state index is -0.427. The lowest BCUT2D eigenvalue weighted by Gasteiger charge is -2.02. The van der Waals surface area contributed by atoms with E-state index < -0.39 is 5.78 Å². The molecule has 27 heavy (non-hydrogen) atoms. The molecular formula is C21H16N2O4. The maximum atomic E-state index is 12.6. The molecule has 4 rings (SSSR count). The van der Waals surface area contributed by atoms with Gasteiger partial charge in [0.05, 0.1) is 6.07 Å². The van der Waals surface area contributed by atoms with Crippen LogP contribution in [0.1, 0.15) is 28.8 Å². The summed E-state index contributed by atoms with van der Waals surface area (Å²) < 4.78 is 7.63. The molecule has 0 amide bonds. The van der Waals surface area contributed by atoms with E-state index in [0.29, 0.717) is 13.0 Å². The fourth-order valence-electron chi connectivity index (χ4n) is 3.32. The number of nitriles is 1. The van der Waals surface area contributed by atoms with Crippen LogP contribution in [0.4, 0.5) is 0 Å². The average molecular weight is 360 g/mol. The molecule has 0 bridgehead atoms. The first-order chi connectivity index (χ1) is 13.1. The Kier molecular flexibility index (Phi) is 4.05. The smallest absolute Gasteiger partial charge is 0.235 e. The zero-order chi connectivity index (χ0) is 19.0. The van der Waals surface area contributed by atoms with Crippen molar-refractivity contribution in [2.75, 3.05) is 0 Å². The van der Waals surface area contributed by atoms with Gasteiger partial charge in [0.1, 0.15) is 22.8 Å². The monoisotopic (exact) mass is 360 g/mol. The van der Waals surface area contributed by atoms with Crippen molar-refractivity contribution in [2.45, 2.75) is 19.4 Å². The lowest BCUT2D eigenvalue weighted by atomic mass is 10.1. The molecule has 134 valence electrons. The van der Waals surface area contributed by atoms with Gasteiger partial charge in [0.25, 0.3) is 0 Å². The predicted octanol–water partition coefficient (Wildman–Crippen LogP) is 3.97. The van der Waals surface area contributed by atoms with Crippen LogP contribution in [0.25, 0.3) is 17.0 Å². The number of unbranched alkanes of at least 4 members (excludes halogenated alkanes) is 1. The summed E-state index contributed by atoms with van der Waals surface area (Å²) in [6, 6.07) is 12.4. The number of carbonyl (C=O) groups excluding carboxylic acids is 1. The number of allylic oxidation sites excluding steroid dienone is 1. The summed E-state index contributed by atoms with van der Waals surface area (Å²) in [6.07, 6.45) is 4.77. The minimum Gasteiger partial charge on any atom is -0.508 e. The topological polar surface area (TPSA) is 95.5 Å². The Balaban J connectivity index is 1.75. The molecule has 1 aromatic heterocycles. The molecule has 1 aliphatic heterocycles. The Morgan fingerprint density at radius 2 is 2.04 bits per heavy atom. The molecule has 2 N–H and O–H groups in total. The molecular weight excluding hydrogens is 344 g/mol. The lowest BCUT2D eigenvalue weighted by molar-refractivity contribution is 0.101. The fourth-order valence-corrected chi connectivity index (χ4v) is 3.32. The number of aryl methyl sites for hydroxylation is 1. The number of phenols is 2. The van der Waals surface area contributed by atoms with Gasteiger partial charge in [0.2, 0.25) is 5.78 Å². The Morgan fingerprint density at radius 3 is 2.85 bits per heavy atom. The molecule has 0 radical (unpaired) electrons. The second kappa shape index (κ2) is 6.54. The van der Waals surface area contributed by atoms with Gasteiger partial charge in [-0.05, 0) is 18.6 Å². The highest BCUT2D eigenvalue weighted by Gasteiger charge is 2.31. The van der Waals surface area contributed by atoms with E-state index in [-0.39, 0.29) is 28.6 Å². The van der Waals surface area contributed by atoms with Crippen LogP contribution in [-0.4, -0.2) is 20.6 Å². The first-order valence-electron chi connectivity index (χ1n) is 8.53. The van der Waals surface area contributed by atoms with Crippen molar-refractivity contribution in [2.24, 2.45) is 0 Å². The lowest BCUT2D eigenvalue weighted by Crippen LogP contribution is -1.98. The highest BCUT2D eigenvalue weighted by molar-refractivity contribution is 6.16. The predicted molar refractivity (Wildman–Crippen MR) is 99.5 cm³/mol. The van der Waals surface area contributed by atoms with Gasteiger partial charge in [0.15, 0.2) is 5.76 Å². The van der Waals surface area contributed by atoms with Gasteiger partial charge in [-0.15, -0.1) is 0 Å². The second-order valence-corrected chi connectivity index (χ2v) is 6.33. The number of phenolic OH excluding ortho intramolecular Hbond substituents is 2. The molecule has 2 heterocycles. The molecule has 0 atom stereocenters. The number of Topliss-reactive ketones (excluding diaryl/α,β-unsaturated/α-hetero) is 1. The van der Waals surface area contributed by atoms with Crippen molar-refractivity contribution in [3.05, 3.63) is 59.5 Å². The van der Waals surface area contributed by atoms with E-state index in [1.807, 2.05) is 30.5 Å². The molecule has 0 saturated carbocycles. The number of benzene rings is 2. The van der Waals surface area contributed by atoms with E-state index in [1.54, 1.807) is 6.08 Å². The summed E-state index contributed by atoms with van der Waals surface area (Å²) in [4.78, 5) is 12.6. The Bertz CT molecular complexity index is 1140. The number of hydrogen-bond acceptors (Lipinski definition) is 5. The highest BCUT2D eigenvalue weighted by atomic mass is 16.5. The summed E-state index contributed by atoms with van der Waals surface area (Å²) in [5.41, 5.74) is 1.87. The zero-order valence-electron chi connectivity index (χ0n) is 14.3. The SMILES string of the molecule is N#CCCCn1cc(/C=C2/Oc3cc(O)cc(O)c3C2=O)c2ccccc21. The number of ketones is 1. The van der Waals surface area contributed by atoms with Crippen LogP contribution in [0, 0.1) is 11.3 Å². The van der Waals surface area contributed by atoms with Crippen LogP contribution in [0.15, 0.2) is 48.4 Å². The van der Waals surface area contributed by atoms with Crippen molar-refractivity contribution in [3.63, 3.8) is 0 Å². The van der Waals surface area contributed by atoms with Crippen LogP contribution < -0.4 is 4.74 Å². The molecule has 1 aliphatic rings. The molecule has 6 heteroatoms.